The number of aliphatic imine (C=N–C) groups is 1. The van der Waals surface area contributed by atoms with E-state index >= 15 is 0 Å². The highest BCUT2D eigenvalue weighted by Crippen LogP contribution is 2.37. The van der Waals surface area contributed by atoms with Crippen LogP contribution in [0.3, 0.4) is 0 Å². The molecule has 3 heteroatoms. The van der Waals surface area contributed by atoms with E-state index in [1.807, 2.05) is 42.5 Å². The SMILES string of the molecule is CCC/C(I)=C1/OC(=Nc2ccccc2)c2ccccc21. The van der Waals surface area contributed by atoms with Crippen LogP contribution < -0.4 is 0 Å². The Morgan fingerprint density at radius 3 is 2.38 bits per heavy atom. The lowest BCUT2D eigenvalue weighted by Crippen LogP contribution is -1.96. The van der Waals surface area contributed by atoms with E-state index in [2.05, 4.69) is 46.6 Å². The second-order valence-electron chi connectivity index (χ2n) is 4.88. The Morgan fingerprint density at radius 1 is 1.00 bits per heavy atom. The van der Waals surface area contributed by atoms with Gasteiger partial charge in [0.05, 0.1) is 5.69 Å². The number of rotatable bonds is 3. The van der Waals surface area contributed by atoms with Gasteiger partial charge in [0, 0.05) is 14.7 Å². The van der Waals surface area contributed by atoms with Gasteiger partial charge >= 0.3 is 0 Å². The molecule has 0 atom stereocenters. The molecule has 0 spiro atoms. The number of halogens is 1. The van der Waals surface area contributed by atoms with Gasteiger partial charge in [-0.15, -0.1) is 0 Å². The Labute approximate surface area is 138 Å². The zero-order valence-electron chi connectivity index (χ0n) is 11.8. The van der Waals surface area contributed by atoms with Crippen LogP contribution in [-0.2, 0) is 4.74 Å². The van der Waals surface area contributed by atoms with Gasteiger partial charge in [-0.05, 0) is 47.2 Å². The zero-order chi connectivity index (χ0) is 14.7. The topological polar surface area (TPSA) is 21.6 Å². The van der Waals surface area contributed by atoms with Crippen molar-refractivity contribution in [3.63, 3.8) is 0 Å². The first-order valence-electron chi connectivity index (χ1n) is 7.09. The molecule has 3 rings (SSSR count). The molecule has 1 aliphatic heterocycles. The van der Waals surface area contributed by atoms with Crippen LogP contribution in [0.15, 0.2) is 63.2 Å². The first-order chi connectivity index (χ1) is 10.3. The lowest BCUT2D eigenvalue weighted by molar-refractivity contribution is 0.522. The fourth-order valence-corrected chi connectivity index (χ4v) is 3.25. The Hall–Kier alpha value is -1.62. The van der Waals surface area contributed by atoms with E-state index < -0.39 is 0 Å². The number of hydrogen-bond acceptors (Lipinski definition) is 2. The standard InChI is InChI=1S/C18H16INO/c1-2-8-16(19)17-14-11-6-7-12-15(14)18(21-17)20-13-9-4-3-5-10-13/h3-7,9-12H,2,8H2,1H3/b17-16-,20-18?. The molecule has 0 fully saturated rings. The molecule has 0 amide bonds. The van der Waals surface area contributed by atoms with Crippen LogP contribution in [0.25, 0.3) is 5.76 Å². The van der Waals surface area contributed by atoms with E-state index in [9.17, 15) is 0 Å². The molecule has 0 saturated carbocycles. The van der Waals surface area contributed by atoms with Gasteiger partial charge in [0.15, 0.2) is 0 Å². The Morgan fingerprint density at radius 2 is 1.67 bits per heavy atom. The normalized spacial score (nSPS) is 17.5. The second-order valence-corrected chi connectivity index (χ2v) is 6.19. The van der Waals surface area contributed by atoms with E-state index in [1.165, 1.54) is 3.58 Å². The van der Waals surface area contributed by atoms with Crippen LogP contribution >= 0.6 is 22.6 Å². The third kappa shape index (κ3) is 3.02. The molecule has 106 valence electrons. The summed E-state index contributed by atoms with van der Waals surface area (Å²) in [5.74, 6) is 1.65. The molecule has 0 N–H and O–H groups in total. The summed E-state index contributed by atoms with van der Waals surface area (Å²) in [6, 6.07) is 18.2. The van der Waals surface area contributed by atoms with Crippen LogP contribution in [0.5, 0.6) is 0 Å². The summed E-state index contributed by atoms with van der Waals surface area (Å²) in [7, 11) is 0. The third-order valence-corrected chi connectivity index (χ3v) is 4.33. The third-order valence-electron chi connectivity index (χ3n) is 3.30. The average Bonchev–Trinajstić information content (AvgIpc) is 2.88. The van der Waals surface area contributed by atoms with Crippen LogP contribution in [-0.4, -0.2) is 5.90 Å². The Balaban J connectivity index is 2.07. The fraction of sp³-hybridized carbons (Fsp3) is 0.167. The van der Waals surface area contributed by atoms with Gasteiger partial charge in [-0.2, -0.15) is 0 Å². The van der Waals surface area contributed by atoms with Crippen molar-refractivity contribution in [3.05, 3.63) is 69.3 Å². The molecular formula is C18H16INO. The summed E-state index contributed by atoms with van der Waals surface area (Å²) in [5.41, 5.74) is 3.13. The van der Waals surface area contributed by atoms with Gasteiger partial charge in [-0.25, -0.2) is 4.99 Å². The average molecular weight is 389 g/mol. The van der Waals surface area contributed by atoms with Crippen LogP contribution in [0.1, 0.15) is 30.9 Å². The number of benzene rings is 2. The molecule has 2 aromatic carbocycles. The molecule has 1 heterocycles. The monoisotopic (exact) mass is 389 g/mol. The molecule has 2 aromatic rings. The Kier molecular flexibility index (Phi) is 4.39. The van der Waals surface area contributed by atoms with E-state index in [0.717, 1.165) is 35.4 Å². The predicted octanol–water partition coefficient (Wildman–Crippen LogP) is 5.70. The van der Waals surface area contributed by atoms with Crippen molar-refractivity contribution in [2.24, 2.45) is 4.99 Å². The number of nitrogens with zero attached hydrogens (tertiary/aromatic N) is 1. The molecule has 0 bridgehead atoms. The van der Waals surface area contributed by atoms with Gasteiger partial charge in [0.1, 0.15) is 5.76 Å². The van der Waals surface area contributed by atoms with Crippen LogP contribution in [0.4, 0.5) is 5.69 Å². The minimum Gasteiger partial charge on any atom is -0.437 e. The van der Waals surface area contributed by atoms with Gasteiger partial charge < -0.3 is 4.74 Å². The molecule has 0 unspecified atom stereocenters. The van der Waals surface area contributed by atoms with Crippen LogP contribution in [0.2, 0.25) is 0 Å². The fourth-order valence-electron chi connectivity index (χ4n) is 2.31. The van der Waals surface area contributed by atoms with Crippen molar-refractivity contribution in [1.29, 1.82) is 0 Å². The molecular weight excluding hydrogens is 373 g/mol. The van der Waals surface area contributed by atoms with E-state index in [4.69, 9.17) is 4.74 Å². The molecule has 0 aliphatic carbocycles. The summed E-state index contributed by atoms with van der Waals surface area (Å²) >= 11 is 2.38. The maximum Gasteiger partial charge on any atom is 0.227 e. The van der Waals surface area contributed by atoms with Gasteiger partial charge in [0.2, 0.25) is 5.90 Å². The number of ether oxygens (including phenoxy) is 1. The lowest BCUT2D eigenvalue weighted by Gasteiger charge is -2.04. The molecule has 2 nitrogen and oxygen atoms in total. The first-order valence-corrected chi connectivity index (χ1v) is 8.17. The zero-order valence-corrected chi connectivity index (χ0v) is 14.0. The van der Waals surface area contributed by atoms with E-state index in [1.54, 1.807) is 0 Å². The van der Waals surface area contributed by atoms with Gasteiger partial charge in [0.25, 0.3) is 0 Å². The summed E-state index contributed by atoms with van der Waals surface area (Å²) in [4.78, 5) is 4.65. The molecule has 1 aliphatic rings. The largest absolute Gasteiger partial charge is 0.437 e. The van der Waals surface area contributed by atoms with E-state index in [0.29, 0.717) is 5.90 Å². The predicted molar refractivity (Wildman–Crippen MR) is 96.0 cm³/mol. The molecule has 21 heavy (non-hydrogen) atoms. The highest BCUT2D eigenvalue weighted by atomic mass is 127. The summed E-state index contributed by atoms with van der Waals surface area (Å²) in [6.45, 7) is 2.18. The molecule has 0 aromatic heterocycles. The summed E-state index contributed by atoms with van der Waals surface area (Å²) in [6.07, 6.45) is 2.14. The lowest BCUT2D eigenvalue weighted by atomic mass is 10.1. The first kappa shape index (κ1) is 14.3. The van der Waals surface area contributed by atoms with Crippen molar-refractivity contribution in [2.45, 2.75) is 19.8 Å². The van der Waals surface area contributed by atoms with Gasteiger partial charge in [-0.3, -0.25) is 0 Å². The smallest absolute Gasteiger partial charge is 0.227 e. The van der Waals surface area contributed by atoms with E-state index in [-0.39, 0.29) is 0 Å². The van der Waals surface area contributed by atoms with Crippen LogP contribution in [0, 0.1) is 0 Å². The van der Waals surface area contributed by atoms with Crippen molar-refractivity contribution >= 4 is 39.9 Å². The summed E-state index contributed by atoms with van der Waals surface area (Å²) < 4.78 is 7.32. The number of hydrogen-bond donors (Lipinski definition) is 0. The Bertz CT molecular complexity index is 704. The highest BCUT2D eigenvalue weighted by Gasteiger charge is 2.26. The molecule has 0 saturated heterocycles. The van der Waals surface area contributed by atoms with Crippen molar-refractivity contribution in [2.75, 3.05) is 0 Å². The molecule has 0 radical (unpaired) electrons. The maximum atomic E-state index is 6.07. The minimum absolute atomic E-state index is 0.692. The van der Waals surface area contributed by atoms with Crippen molar-refractivity contribution in [1.82, 2.24) is 0 Å². The number of para-hydroxylation sites is 1. The van der Waals surface area contributed by atoms with Crippen molar-refractivity contribution in [3.8, 4) is 0 Å². The number of allylic oxidation sites excluding steroid dienone is 1. The number of fused-ring (bicyclic) bond motifs is 1. The quantitative estimate of drug-likeness (QED) is 0.618. The minimum atomic E-state index is 0.692. The highest BCUT2D eigenvalue weighted by molar-refractivity contribution is 14.1. The summed E-state index contributed by atoms with van der Waals surface area (Å²) in [5, 5.41) is 0. The van der Waals surface area contributed by atoms with Crippen molar-refractivity contribution < 1.29 is 4.74 Å². The maximum absolute atomic E-state index is 6.07. The van der Waals surface area contributed by atoms with Gasteiger partial charge in [-0.1, -0.05) is 49.7 Å². The second kappa shape index (κ2) is 6.43.